The van der Waals surface area contributed by atoms with Crippen LogP contribution in [0.1, 0.15) is 20.8 Å². The van der Waals surface area contributed by atoms with Gasteiger partial charge in [-0.15, -0.1) is 11.6 Å². The highest BCUT2D eigenvalue weighted by Gasteiger charge is 2.27. The Morgan fingerprint density at radius 2 is 2.07 bits per heavy atom. The van der Waals surface area contributed by atoms with Crippen molar-refractivity contribution in [2.75, 3.05) is 17.9 Å². The van der Waals surface area contributed by atoms with Crippen LogP contribution < -0.4 is 5.32 Å². The maximum Gasteiger partial charge on any atom is 0.227 e. The van der Waals surface area contributed by atoms with Gasteiger partial charge in [0, 0.05) is 34.7 Å². The minimum Gasteiger partial charge on any atom is -0.352 e. The summed E-state index contributed by atoms with van der Waals surface area (Å²) in [5, 5.41) is 2.79. The Morgan fingerprint density at radius 3 is 2.43 bits per heavy atom. The zero-order valence-electron chi connectivity index (χ0n) is 9.09. The second kappa shape index (κ2) is 5.71. The molecule has 0 bridgehead atoms. The quantitative estimate of drug-likeness (QED) is 0.732. The van der Waals surface area contributed by atoms with E-state index in [9.17, 15) is 9.00 Å². The van der Waals surface area contributed by atoms with Crippen LogP contribution in [0.25, 0.3) is 0 Å². The van der Waals surface area contributed by atoms with Gasteiger partial charge in [-0.25, -0.2) is 0 Å². The molecule has 0 aliphatic rings. The Bertz CT molecular complexity index is 231. The second-order valence-electron chi connectivity index (χ2n) is 4.13. The average Bonchev–Trinajstić information content (AvgIpc) is 2.02. The van der Waals surface area contributed by atoms with Gasteiger partial charge in [0.1, 0.15) is 0 Å². The van der Waals surface area contributed by atoms with Crippen LogP contribution in [0.2, 0.25) is 0 Å². The largest absolute Gasteiger partial charge is 0.352 e. The van der Waals surface area contributed by atoms with Crippen LogP contribution in [0.5, 0.6) is 0 Å². The molecular weight excluding hydrogens is 222 g/mol. The molecule has 1 amide bonds. The zero-order valence-corrected chi connectivity index (χ0v) is 10.7. The van der Waals surface area contributed by atoms with Gasteiger partial charge in [0.05, 0.1) is 5.41 Å². The molecular formula is C9H18ClNO2S. The molecule has 0 aromatic heterocycles. The summed E-state index contributed by atoms with van der Waals surface area (Å²) >= 11 is 5.66. The topological polar surface area (TPSA) is 46.2 Å². The van der Waals surface area contributed by atoms with Gasteiger partial charge in [0.2, 0.25) is 5.91 Å². The van der Waals surface area contributed by atoms with Gasteiger partial charge >= 0.3 is 0 Å². The molecule has 0 heterocycles. The molecule has 0 aliphatic carbocycles. The second-order valence-corrected chi connectivity index (χ2v) is 5.88. The first-order chi connectivity index (χ1) is 6.29. The zero-order chi connectivity index (χ0) is 11.4. The molecule has 3 nitrogen and oxygen atoms in total. The average molecular weight is 240 g/mol. The van der Waals surface area contributed by atoms with Gasteiger partial charge in [-0.3, -0.25) is 9.00 Å². The molecule has 0 saturated heterocycles. The number of hydrogen-bond donors (Lipinski definition) is 1. The lowest BCUT2D eigenvalue weighted by Crippen LogP contribution is -2.44. The van der Waals surface area contributed by atoms with Crippen molar-refractivity contribution in [3.8, 4) is 0 Å². The number of rotatable bonds is 5. The van der Waals surface area contributed by atoms with Crippen LogP contribution >= 0.6 is 11.6 Å². The van der Waals surface area contributed by atoms with Crippen molar-refractivity contribution in [3.63, 3.8) is 0 Å². The summed E-state index contributed by atoms with van der Waals surface area (Å²) in [7, 11) is -0.889. The first-order valence-electron chi connectivity index (χ1n) is 4.46. The molecule has 2 atom stereocenters. The summed E-state index contributed by atoms with van der Waals surface area (Å²) in [6.07, 6.45) is 1.62. The molecule has 0 saturated carbocycles. The molecule has 1 N–H and O–H groups in total. The predicted molar refractivity (Wildman–Crippen MR) is 61.0 cm³/mol. The lowest BCUT2D eigenvalue weighted by molar-refractivity contribution is -0.128. The molecule has 14 heavy (non-hydrogen) atoms. The highest BCUT2D eigenvalue weighted by Crippen LogP contribution is 2.17. The lowest BCUT2D eigenvalue weighted by atomic mass is 9.95. The third-order valence-corrected chi connectivity index (χ3v) is 3.45. The van der Waals surface area contributed by atoms with Crippen LogP contribution in [-0.4, -0.2) is 34.0 Å². The van der Waals surface area contributed by atoms with E-state index in [1.807, 2.05) is 6.92 Å². The SMILES string of the molecule is CC(CS(C)=O)NC(=O)C(C)(C)CCl. The number of halogens is 1. The van der Waals surface area contributed by atoms with Gasteiger partial charge in [-0.05, 0) is 20.8 Å². The molecule has 84 valence electrons. The van der Waals surface area contributed by atoms with E-state index < -0.39 is 16.2 Å². The summed E-state index contributed by atoms with van der Waals surface area (Å²) in [5.41, 5.74) is -0.564. The predicted octanol–water partition coefficient (Wildman–Crippen LogP) is 1.13. The summed E-state index contributed by atoms with van der Waals surface area (Å²) in [6.45, 7) is 5.40. The van der Waals surface area contributed by atoms with E-state index in [0.717, 1.165) is 0 Å². The molecule has 0 aromatic carbocycles. The van der Waals surface area contributed by atoms with E-state index in [1.54, 1.807) is 20.1 Å². The van der Waals surface area contributed by atoms with Crippen LogP contribution in [0, 0.1) is 5.41 Å². The number of amides is 1. The van der Waals surface area contributed by atoms with Gasteiger partial charge < -0.3 is 5.32 Å². The summed E-state index contributed by atoms with van der Waals surface area (Å²) in [5.74, 6) is 0.663. The third kappa shape index (κ3) is 4.96. The van der Waals surface area contributed by atoms with Gasteiger partial charge in [-0.2, -0.15) is 0 Å². The summed E-state index contributed by atoms with van der Waals surface area (Å²) < 4.78 is 10.9. The van der Waals surface area contributed by atoms with Gasteiger partial charge in [-0.1, -0.05) is 0 Å². The minimum absolute atomic E-state index is 0.0733. The van der Waals surface area contributed by atoms with Crippen molar-refractivity contribution >= 4 is 28.3 Å². The highest BCUT2D eigenvalue weighted by atomic mass is 35.5. The van der Waals surface area contributed by atoms with Crippen LogP contribution in [0.15, 0.2) is 0 Å². The Hall–Kier alpha value is -0.0900. The van der Waals surface area contributed by atoms with E-state index in [-0.39, 0.29) is 17.8 Å². The molecule has 0 aliphatic heterocycles. The first-order valence-corrected chi connectivity index (χ1v) is 6.72. The van der Waals surface area contributed by atoms with E-state index in [4.69, 9.17) is 11.6 Å². The number of carbonyl (C=O) groups is 1. The monoisotopic (exact) mass is 239 g/mol. The molecule has 5 heteroatoms. The van der Waals surface area contributed by atoms with Crippen molar-refractivity contribution in [3.05, 3.63) is 0 Å². The smallest absolute Gasteiger partial charge is 0.227 e. The lowest BCUT2D eigenvalue weighted by Gasteiger charge is -2.23. The Balaban J connectivity index is 4.12. The Morgan fingerprint density at radius 1 is 1.57 bits per heavy atom. The van der Waals surface area contributed by atoms with Crippen LogP contribution in [0.4, 0.5) is 0 Å². The van der Waals surface area contributed by atoms with Gasteiger partial charge in [0.25, 0.3) is 0 Å². The molecule has 0 rings (SSSR count). The highest BCUT2D eigenvalue weighted by molar-refractivity contribution is 7.84. The number of alkyl halides is 1. The summed E-state index contributed by atoms with van der Waals surface area (Å²) in [4.78, 5) is 11.6. The maximum absolute atomic E-state index is 11.6. The van der Waals surface area contributed by atoms with E-state index >= 15 is 0 Å². The standard InChI is InChI=1S/C9H18ClNO2S/c1-7(5-14(4)13)11-8(12)9(2,3)6-10/h7H,5-6H2,1-4H3,(H,11,12). The third-order valence-electron chi connectivity index (χ3n) is 1.81. The van der Waals surface area contributed by atoms with Gasteiger partial charge in [0.15, 0.2) is 0 Å². The molecule has 0 fully saturated rings. The normalized spacial score (nSPS) is 16.1. The fraction of sp³-hybridized carbons (Fsp3) is 0.889. The van der Waals surface area contributed by atoms with E-state index in [2.05, 4.69) is 5.32 Å². The number of carbonyl (C=O) groups excluding carboxylic acids is 1. The van der Waals surface area contributed by atoms with Crippen LogP contribution in [-0.2, 0) is 15.6 Å². The van der Waals surface area contributed by atoms with E-state index in [0.29, 0.717) is 5.75 Å². The minimum atomic E-state index is -0.889. The van der Waals surface area contributed by atoms with Crippen LogP contribution in [0.3, 0.4) is 0 Å². The molecule has 0 aromatic rings. The van der Waals surface area contributed by atoms with E-state index in [1.165, 1.54) is 0 Å². The van der Waals surface area contributed by atoms with Crippen molar-refractivity contribution in [2.24, 2.45) is 5.41 Å². The number of hydrogen-bond acceptors (Lipinski definition) is 2. The molecule has 0 spiro atoms. The fourth-order valence-corrected chi connectivity index (χ4v) is 1.78. The molecule has 0 radical (unpaired) electrons. The van der Waals surface area contributed by atoms with Crippen molar-refractivity contribution in [1.82, 2.24) is 5.32 Å². The van der Waals surface area contributed by atoms with Crippen molar-refractivity contribution in [1.29, 1.82) is 0 Å². The first kappa shape index (κ1) is 13.9. The van der Waals surface area contributed by atoms with Crippen molar-refractivity contribution in [2.45, 2.75) is 26.8 Å². The van der Waals surface area contributed by atoms with Crippen molar-refractivity contribution < 1.29 is 9.00 Å². The summed E-state index contributed by atoms with van der Waals surface area (Å²) in [6, 6.07) is -0.0733. The Labute approximate surface area is 93.0 Å². The maximum atomic E-state index is 11.6. The fourth-order valence-electron chi connectivity index (χ4n) is 0.874. The number of nitrogens with one attached hydrogen (secondary N) is 1. The Kier molecular flexibility index (Phi) is 5.67. The molecule has 2 unspecified atom stereocenters.